The topological polar surface area (TPSA) is 73.8 Å². The number of hydrogen-bond acceptors (Lipinski definition) is 7. The molecule has 1 aliphatic carbocycles. The normalized spacial score (nSPS) is 18.6. The molecule has 7 nitrogen and oxygen atoms in total. The fraction of sp³-hybridized carbons (Fsp3) is 0.367. The number of amides is 1. The molecule has 4 aromatic rings. The van der Waals surface area contributed by atoms with E-state index in [1.165, 1.54) is 16.8 Å². The van der Waals surface area contributed by atoms with Crippen LogP contribution in [0.2, 0.25) is 0 Å². The van der Waals surface area contributed by atoms with Gasteiger partial charge in [0.25, 0.3) is 5.91 Å². The van der Waals surface area contributed by atoms with Crippen LogP contribution in [0.15, 0.2) is 48.8 Å². The van der Waals surface area contributed by atoms with Crippen molar-refractivity contribution in [3.8, 4) is 17.4 Å². The predicted molar refractivity (Wildman–Crippen MR) is 147 cm³/mol. The molecule has 0 radical (unpaired) electrons. The number of methoxy groups -OCH3 is 2. The van der Waals surface area contributed by atoms with Crippen LogP contribution in [0.5, 0.6) is 17.4 Å². The molecule has 0 unspecified atom stereocenters. The van der Waals surface area contributed by atoms with Crippen molar-refractivity contribution in [1.29, 1.82) is 0 Å². The minimum Gasteiger partial charge on any atom is -0.493 e. The number of benzene rings is 2. The fourth-order valence-electron chi connectivity index (χ4n) is 5.78. The van der Waals surface area contributed by atoms with Crippen LogP contribution in [0.25, 0.3) is 10.2 Å². The van der Waals surface area contributed by atoms with Crippen LogP contribution in [0.4, 0.5) is 0 Å². The first-order valence-electron chi connectivity index (χ1n) is 13.0. The lowest BCUT2D eigenvalue weighted by molar-refractivity contribution is -0.135. The molecule has 3 heterocycles. The van der Waals surface area contributed by atoms with Gasteiger partial charge in [-0.3, -0.25) is 4.79 Å². The smallest absolute Gasteiger partial charge is 0.261 e. The summed E-state index contributed by atoms with van der Waals surface area (Å²) in [6.45, 7) is 2.79. The first-order valence-corrected chi connectivity index (χ1v) is 13.9. The Hall–Kier alpha value is -3.65. The highest BCUT2D eigenvalue weighted by atomic mass is 32.1. The molecular weight excluding hydrogens is 498 g/mol. The van der Waals surface area contributed by atoms with Crippen LogP contribution in [-0.2, 0) is 24.1 Å². The Kier molecular flexibility index (Phi) is 6.66. The molecule has 0 bridgehead atoms. The Morgan fingerprint density at radius 2 is 1.87 bits per heavy atom. The van der Waals surface area contributed by atoms with Gasteiger partial charge < -0.3 is 19.1 Å². The van der Waals surface area contributed by atoms with Crippen molar-refractivity contribution < 1.29 is 19.0 Å². The fourth-order valence-corrected chi connectivity index (χ4v) is 7.12. The molecule has 8 heteroatoms. The van der Waals surface area contributed by atoms with E-state index in [1.54, 1.807) is 25.6 Å². The molecule has 196 valence electrons. The molecule has 2 aromatic carbocycles. The number of aromatic nitrogens is 2. The first-order chi connectivity index (χ1) is 18.6. The van der Waals surface area contributed by atoms with Gasteiger partial charge >= 0.3 is 0 Å². The van der Waals surface area contributed by atoms with Crippen molar-refractivity contribution in [2.75, 3.05) is 27.4 Å². The molecule has 0 saturated heterocycles. The number of hydrogen-bond donors (Lipinski definition) is 0. The third-order valence-corrected chi connectivity index (χ3v) is 8.86. The first kappa shape index (κ1) is 24.7. The van der Waals surface area contributed by atoms with Crippen molar-refractivity contribution in [2.45, 2.75) is 38.6 Å². The zero-order chi connectivity index (χ0) is 26.2. The molecule has 0 fully saturated rings. The number of thiophene rings is 1. The molecular formula is C30H31N3O4S. The Bertz CT molecular complexity index is 1490. The van der Waals surface area contributed by atoms with E-state index in [-0.39, 0.29) is 18.6 Å². The Balaban J connectivity index is 1.31. The number of nitrogens with zero attached hydrogens (tertiary/aromatic N) is 3. The Morgan fingerprint density at radius 1 is 1.08 bits per heavy atom. The second-order valence-corrected chi connectivity index (χ2v) is 11.1. The molecule has 2 atom stereocenters. The van der Waals surface area contributed by atoms with Crippen molar-refractivity contribution in [1.82, 2.24) is 14.9 Å². The number of carbonyl (C=O) groups excluding carboxylic acids is 1. The summed E-state index contributed by atoms with van der Waals surface area (Å²) in [5.74, 6) is 2.45. The molecule has 38 heavy (non-hydrogen) atoms. The van der Waals surface area contributed by atoms with Crippen LogP contribution in [0, 0.1) is 5.92 Å². The van der Waals surface area contributed by atoms with E-state index >= 15 is 0 Å². The lowest BCUT2D eigenvalue weighted by atomic mass is 9.87. The van der Waals surface area contributed by atoms with Gasteiger partial charge in [0.15, 0.2) is 18.1 Å². The number of rotatable bonds is 6. The van der Waals surface area contributed by atoms with Gasteiger partial charge in [-0.2, -0.15) is 0 Å². The molecule has 0 saturated carbocycles. The number of carbonyl (C=O) groups is 1. The monoisotopic (exact) mass is 529 g/mol. The zero-order valence-electron chi connectivity index (χ0n) is 21.9. The highest BCUT2D eigenvalue weighted by Crippen LogP contribution is 2.42. The number of ether oxygens (including phenoxy) is 3. The maximum atomic E-state index is 13.8. The zero-order valence-corrected chi connectivity index (χ0v) is 22.7. The van der Waals surface area contributed by atoms with Gasteiger partial charge in [0.05, 0.1) is 25.6 Å². The van der Waals surface area contributed by atoms with Gasteiger partial charge in [-0.05, 0) is 66.0 Å². The van der Waals surface area contributed by atoms with E-state index < -0.39 is 0 Å². The summed E-state index contributed by atoms with van der Waals surface area (Å²) in [6, 6.07) is 13.9. The number of aryl methyl sites for hydroxylation is 1. The van der Waals surface area contributed by atoms with E-state index in [9.17, 15) is 4.79 Å². The van der Waals surface area contributed by atoms with Crippen LogP contribution >= 0.6 is 11.3 Å². The second-order valence-electron chi connectivity index (χ2n) is 10.1. The quantitative estimate of drug-likeness (QED) is 0.334. The second kappa shape index (κ2) is 10.3. The van der Waals surface area contributed by atoms with Crippen LogP contribution < -0.4 is 14.2 Å². The molecule has 2 aromatic heterocycles. The standard InChI is InChI=1S/C30H31N3O4S/c1-18-9-10-21-25(13-18)38-30-27(21)29(31-17-32-30)37-16-26(34)33-12-11-20-14-23(35-2)24(36-3)15-22(20)28(33)19-7-5-4-6-8-19/h4-8,14-15,17-18,28H,9-13,16H2,1-3H3/t18-,28-/m0/s1. The maximum absolute atomic E-state index is 13.8. The molecule has 1 amide bonds. The van der Waals surface area contributed by atoms with Gasteiger partial charge in [0.1, 0.15) is 11.2 Å². The molecule has 6 rings (SSSR count). The third-order valence-electron chi connectivity index (χ3n) is 7.70. The Morgan fingerprint density at radius 3 is 2.66 bits per heavy atom. The van der Waals surface area contributed by atoms with Gasteiger partial charge in [-0.15, -0.1) is 11.3 Å². The third kappa shape index (κ3) is 4.36. The van der Waals surface area contributed by atoms with E-state index in [1.807, 2.05) is 35.2 Å². The molecule has 1 aliphatic heterocycles. The summed E-state index contributed by atoms with van der Waals surface area (Å²) in [5.41, 5.74) is 4.53. The van der Waals surface area contributed by atoms with Gasteiger partial charge in [-0.1, -0.05) is 37.3 Å². The van der Waals surface area contributed by atoms with E-state index in [0.29, 0.717) is 29.8 Å². The lowest BCUT2D eigenvalue weighted by Gasteiger charge is -2.38. The average Bonchev–Trinajstić information content (AvgIpc) is 3.33. The summed E-state index contributed by atoms with van der Waals surface area (Å²) in [5, 5.41) is 0.979. The van der Waals surface area contributed by atoms with Gasteiger partial charge in [-0.25, -0.2) is 9.97 Å². The highest BCUT2D eigenvalue weighted by Gasteiger charge is 2.34. The van der Waals surface area contributed by atoms with Crippen molar-refractivity contribution in [3.63, 3.8) is 0 Å². The molecule has 0 spiro atoms. The Labute approximate surface area is 226 Å². The minimum atomic E-state index is -0.253. The summed E-state index contributed by atoms with van der Waals surface area (Å²) in [6.07, 6.45) is 5.47. The maximum Gasteiger partial charge on any atom is 0.261 e. The van der Waals surface area contributed by atoms with Crippen LogP contribution in [-0.4, -0.2) is 48.1 Å². The van der Waals surface area contributed by atoms with Crippen LogP contribution in [0.3, 0.4) is 0 Å². The number of fused-ring (bicyclic) bond motifs is 4. The predicted octanol–water partition coefficient (Wildman–Crippen LogP) is 5.39. The lowest BCUT2D eigenvalue weighted by Crippen LogP contribution is -2.43. The van der Waals surface area contributed by atoms with Crippen LogP contribution in [0.1, 0.15) is 46.5 Å². The largest absolute Gasteiger partial charge is 0.493 e. The average molecular weight is 530 g/mol. The van der Waals surface area contributed by atoms with Gasteiger partial charge in [0, 0.05) is 11.4 Å². The minimum absolute atomic E-state index is 0.0798. The summed E-state index contributed by atoms with van der Waals surface area (Å²) < 4.78 is 17.3. The van der Waals surface area contributed by atoms with Crippen molar-refractivity contribution in [2.24, 2.45) is 5.92 Å². The van der Waals surface area contributed by atoms with E-state index in [0.717, 1.165) is 52.6 Å². The van der Waals surface area contributed by atoms with E-state index in [4.69, 9.17) is 14.2 Å². The summed E-state index contributed by atoms with van der Waals surface area (Å²) >= 11 is 1.73. The van der Waals surface area contributed by atoms with Crippen molar-refractivity contribution >= 4 is 27.5 Å². The highest BCUT2D eigenvalue weighted by molar-refractivity contribution is 7.18. The summed E-state index contributed by atoms with van der Waals surface area (Å²) in [7, 11) is 3.28. The summed E-state index contributed by atoms with van der Waals surface area (Å²) in [4.78, 5) is 26.9. The van der Waals surface area contributed by atoms with E-state index in [2.05, 4.69) is 29.0 Å². The molecule has 0 N–H and O–H groups in total. The van der Waals surface area contributed by atoms with Gasteiger partial charge in [0.2, 0.25) is 5.88 Å². The molecule has 2 aliphatic rings. The SMILES string of the molecule is COc1cc2c(cc1OC)[C@H](c1ccccc1)N(C(=O)COc1ncnc3sc4c(c13)CC[C@H](C)C4)CC2. The van der Waals surface area contributed by atoms with Crippen molar-refractivity contribution in [3.05, 3.63) is 75.9 Å².